The third kappa shape index (κ3) is 6.01. The van der Waals surface area contributed by atoms with Crippen molar-refractivity contribution in [3.8, 4) is 0 Å². The van der Waals surface area contributed by atoms with Crippen LogP contribution in [0.2, 0.25) is 0 Å². The van der Waals surface area contributed by atoms with Crippen LogP contribution in [0.4, 0.5) is 5.69 Å². The van der Waals surface area contributed by atoms with Crippen molar-refractivity contribution in [2.24, 2.45) is 0 Å². The second-order valence-electron chi connectivity index (χ2n) is 4.60. The molecule has 120 valence electrons. The van der Waals surface area contributed by atoms with Gasteiger partial charge in [0.25, 0.3) is 0 Å². The topological polar surface area (TPSA) is 53.2 Å². The number of anilines is 1. The van der Waals surface area contributed by atoms with E-state index in [0.29, 0.717) is 0 Å². The van der Waals surface area contributed by atoms with E-state index in [9.17, 15) is 4.79 Å². The van der Waals surface area contributed by atoms with Gasteiger partial charge in [-0.15, -0.1) is 0 Å². The number of benzene rings is 1. The molecule has 0 radical (unpaired) electrons. The maximum Gasteiger partial charge on any atom is 0.245 e. The Balaban J connectivity index is 2.81. The van der Waals surface area contributed by atoms with Crippen LogP contribution in [0.1, 0.15) is 11.1 Å². The van der Waals surface area contributed by atoms with Crippen molar-refractivity contribution in [3.63, 3.8) is 0 Å². The van der Waals surface area contributed by atoms with E-state index in [0.717, 1.165) is 22.9 Å². The lowest BCUT2D eigenvalue weighted by Crippen LogP contribution is -2.55. The first-order chi connectivity index (χ1) is 10.1. The quantitative estimate of drug-likeness (QED) is 0.323. The van der Waals surface area contributed by atoms with Crippen LogP contribution < -0.4 is 16.0 Å². The number of carbonyl (C=O) groups is 1. The molecule has 0 aliphatic carbocycles. The van der Waals surface area contributed by atoms with Crippen molar-refractivity contribution >= 4 is 63.7 Å². The zero-order valence-corrected chi connectivity index (χ0v) is 15.1. The second kappa shape index (κ2) is 8.02. The van der Waals surface area contributed by atoms with Gasteiger partial charge in [0.05, 0.1) is 0 Å². The van der Waals surface area contributed by atoms with E-state index in [1.54, 1.807) is 0 Å². The predicted octanol–water partition coefficient (Wildman–Crippen LogP) is 3.59. The lowest BCUT2D eigenvalue weighted by atomic mass is 10.1. The summed E-state index contributed by atoms with van der Waals surface area (Å²) in [4.78, 5) is 11.4. The molecule has 0 heterocycles. The van der Waals surface area contributed by atoms with Crippen LogP contribution in [0.5, 0.6) is 0 Å². The Bertz CT molecular complexity index is 587. The molecular formula is C14H16Cl3N3OS. The molecule has 0 unspecified atom stereocenters. The summed E-state index contributed by atoms with van der Waals surface area (Å²) < 4.78 is -1.79. The SMILES string of the molecule is C=CC(=O)N[C@@H](NC(=S)Nc1cc(C)ccc1C)C(Cl)(Cl)Cl. The summed E-state index contributed by atoms with van der Waals surface area (Å²) in [6.07, 6.45) is 0.0693. The number of carbonyl (C=O) groups excluding carboxylic acids is 1. The summed E-state index contributed by atoms with van der Waals surface area (Å²) in [5.74, 6) is -0.488. The number of halogens is 3. The molecule has 0 aliphatic rings. The molecule has 0 aliphatic heterocycles. The highest BCUT2D eigenvalue weighted by Gasteiger charge is 2.34. The average Bonchev–Trinajstić information content (AvgIpc) is 2.41. The molecule has 8 heteroatoms. The Morgan fingerprint density at radius 1 is 1.32 bits per heavy atom. The number of nitrogens with one attached hydrogen (secondary N) is 3. The van der Waals surface area contributed by atoms with Crippen molar-refractivity contribution in [2.75, 3.05) is 5.32 Å². The number of alkyl halides is 3. The van der Waals surface area contributed by atoms with Gasteiger partial charge in [0.1, 0.15) is 6.17 Å². The van der Waals surface area contributed by atoms with Gasteiger partial charge < -0.3 is 16.0 Å². The minimum Gasteiger partial charge on any atom is -0.339 e. The second-order valence-corrected chi connectivity index (χ2v) is 7.38. The number of thiocarbonyl (C=S) groups is 1. The lowest BCUT2D eigenvalue weighted by molar-refractivity contribution is -0.117. The third-order valence-corrected chi connectivity index (χ3v) is 3.59. The third-order valence-electron chi connectivity index (χ3n) is 2.72. The van der Waals surface area contributed by atoms with Crippen LogP contribution in [-0.4, -0.2) is 21.0 Å². The van der Waals surface area contributed by atoms with Crippen molar-refractivity contribution in [1.82, 2.24) is 10.6 Å². The number of hydrogen-bond donors (Lipinski definition) is 3. The number of amides is 1. The average molecular weight is 381 g/mol. The minimum absolute atomic E-state index is 0.217. The first kappa shape index (κ1) is 19.0. The van der Waals surface area contributed by atoms with Gasteiger partial charge in [0, 0.05) is 5.69 Å². The molecule has 1 amide bonds. The van der Waals surface area contributed by atoms with E-state index < -0.39 is 15.9 Å². The Morgan fingerprint density at radius 2 is 1.95 bits per heavy atom. The summed E-state index contributed by atoms with van der Waals surface area (Å²) in [7, 11) is 0. The van der Waals surface area contributed by atoms with Gasteiger partial charge in [0.15, 0.2) is 5.11 Å². The molecule has 0 saturated carbocycles. The Hall–Kier alpha value is -1.01. The van der Waals surface area contributed by atoms with Crippen LogP contribution in [0.3, 0.4) is 0 Å². The molecule has 0 spiro atoms. The molecule has 1 rings (SSSR count). The Morgan fingerprint density at radius 3 is 2.50 bits per heavy atom. The standard InChI is InChI=1S/C14H16Cl3N3OS/c1-4-11(21)19-12(14(15,16)17)20-13(22)18-10-7-8(2)5-6-9(10)3/h4-7,12H,1H2,2-3H3,(H,19,21)(H2,18,20,22)/t12-/m0/s1. The maximum atomic E-state index is 11.4. The molecule has 0 fully saturated rings. The van der Waals surface area contributed by atoms with E-state index in [1.165, 1.54) is 0 Å². The molecule has 4 nitrogen and oxygen atoms in total. The van der Waals surface area contributed by atoms with E-state index in [-0.39, 0.29) is 5.11 Å². The fraction of sp³-hybridized carbons (Fsp3) is 0.286. The van der Waals surface area contributed by atoms with E-state index in [4.69, 9.17) is 47.0 Å². The van der Waals surface area contributed by atoms with Gasteiger partial charge in [-0.3, -0.25) is 4.79 Å². The Labute approximate surface area is 150 Å². The van der Waals surface area contributed by atoms with Gasteiger partial charge in [-0.1, -0.05) is 53.5 Å². The van der Waals surface area contributed by atoms with Crippen molar-refractivity contribution < 1.29 is 4.79 Å². The van der Waals surface area contributed by atoms with Crippen LogP contribution in [-0.2, 0) is 4.79 Å². The van der Waals surface area contributed by atoms with E-state index in [1.807, 2.05) is 32.0 Å². The molecule has 1 aromatic rings. The van der Waals surface area contributed by atoms with Crippen molar-refractivity contribution in [2.45, 2.75) is 23.8 Å². The maximum absolute atomic E-state index is 11.4. The smallest absolute Gasteiger partial charge is 0.245 e. The molecule has 0 saturated heterocycles. The van der Waals surface area contributed by atoms with Gasteiger partial charge in [-0.05, 0) is 49.3 Å². The highest BCUT2D eigenvalue weighted by atomic mass is 35.6. The van der Waals surface area contributed by atoms with E-state index >= 15 is 0 Å². The van der Waals surface area contributed by atoms with Crippen LogP contribution >= 0.6 is 47.0 Å². The van der Waals surface area contributed by atoms with Gasteiger partial charge in [-0.2, -0.15) is 0 Å². The van der Waals surface area contributed by atoms with E-state index in [2.05, 4.69) is 22.5 Å². The Kier molecular flexibility index (Phi) is 6.94. The first-order valence-corrected chi connectivity index (χ1v) is 7.82. The van der Waals surface area contributed by atoms with Crippen LogP contribution in [0.25, 0.3) is 0 Å². The van der Waals surface area contributed by atoms with Crippen LogP contribution in [0, 0.1) is 13.8 Å². The predicted molar refractivity (Wildman–Crippen MR) is 97.7 cm³/mol. The highest BCUT2D eigenvalue weighted by Crippen LogP contribution is 2.29. The largest absolute Gasteiger partial charge is 0.339 e. The highest BCUT2D eigenvalue weighted by molar-refractivity contribution is 7.80. The normalized spacial score (nSPS) is 12.2. The summed E-state index contributed by atoms with van der Waals surface area (Å²) >= 11 is 22.7. The molecule has 22 heavy (non-hydrogen) atoms. The lowest BCUT2D eigenvalue weighted by Gasteiger charge is -2.27. The zero-order valence-electron chi connectivity index (χ0n) is 12.0. The summed E-state index contributed by atoms with van der Waals surface area (Å²) in [6.45, 7) is 7.25. The molecule has 1 atom stereocenters. The number of aryl methyl sites for hydroxylation is 2. The van der Waals surface area contributed by atoms with Crippen molar-refractivity contribution in [3.05, 3.63) is 42.0 Å². The zero-order chi connectivity index (χ0) is 16.9. The number of hydrogen-bond acceptors (Lipinski definition) is 2. The van der Waals surface area contributed by atoms with Gasteiger partial charge in [0.2, 0.25) is 9.70 Å². The minimum atomic E-state index is -1.79. The molecule has 0 bridgehead atoms. The first-order valence-electron chi connectivity index (χ1n) is 6.28. The fourth-order valence-corrected chi connectivity index (χ4v) is 2.12. The molecule has 3 N–H and O–H groups in total. The molecular weight excluding hydrogens is 365 g/mol. The van der Waals surface area contributed by atoms with Crippen LogP contribution in [0.15, 0.2) is 30.9 Å². The molecule has 0 aromatic heterocycles. The fourth-order valence-electron chi connectivity index (χ4n) is 1.56. The van der Waals surface area contributed by atoms with Crippen molar-refractivity contribution in [1.29, 1.82) is 0 Å². The summed E-state index contributed by atoms with van der Waals surface area (Å²) in [5.41, 5.74) is 2.92. The van der Waals surface area contributed by atoms with Gasteiger partial charge >= 0.3 is 0 Å². The van der Waals surface area contributed by atoms with Gasteiger partial charge in [-0.25, -0.2) is 0 Å². The monoisotopic (exact) mass is 379 g/mol. The number of rotatable bonds is 4. The summed E-state index contributed by atoms with van der Waals surface area (Å²) in [5, 5.41) is 8.45. The molecule has 1 aromatic carbocycles. The summed E-state index contributed by atoms with van der Waals surface area (Å²) in [6, 6.07) is 5.90.